The standard InChI is InChI=1S/C50H31N3O/c1-2-13-35(14-3-1)52-45-23-10-7-20-42(45)51-49(52)33-27-25-32(26-28-33)34-29-30-40-47(31-34)54-46-24-11-6-18-39(46)50(40)38-17-5-9-22-44(38)53-43-21-8-4-15-36(43)37-16-12-19-41(50)48(37)53/h1-31H. The van der Waals surface area contributed by atoms with E-state index in [0.29, 0.717) is 0 Å². The summed E-state index contributed by atoms with van der Waals surface area (Å²) in [7, 11) is 0. The van der Waals surface area contributed by atoms with Crippen molar-refractivity contribution in [3.05, 3.63) is 210 Å². The van der Waals surface area contributed by atoms with Crippen LogP contribution < -0.4 is 4.74 Å². The highest BCUT2D eigenvalue weighted by Gasteiger charge is 2.50. The number of para-hydroxylation sites is 7. The van der Waals surface area contributed by atoms with E-state index in [9.17, 15) is 0 Å². The first-order valence-corrected chi connectivity index (χ1v) is 18.5. The number of benzene rings is 8. The van der Waals surface area contributed by atoms with Gasteiger partial charge >= 0.3 is 0 Å². The summed E-state index contributed by atoms with van der Waals surface area (Å²) in [5.41, 5.74) is 14.3. The third-order valence-corrected chi connectivity index (χ3v) is 11.6. The van der Waals surface area contributed by atoms with Crippen LogP contribution >= 0.6 is 0 Å². The van der Waals surface area contributed by atoms with Crippen LogP contribution in [0.3, 0.4) is 0 Å². The van der Waals surface area contributed by atoms with Crippen molar-refractivity contribution in [2.75, 3.05) is 0 Å². The Hall–Kier alpha value is -7.17. The van der Waals surface area contributed by atoms with Crippen LogP contribution in [0, 0.1) is 0 Å². The molecule has 1 unspecified atom stereocenters. The van der Waals surface area contributed by atoms with Gasteiger partial charge in [-0.3, -0.25) is 4.57 Å². The second-order valence-electron chi connectivity index (χ2n) is 14.3. The van der Waals surface area contributed by atoms with Gasteiger partial charge in [-0.25, -0.2) is 4.98 Å². The van der Waals surface area contributed by atoms with Crippen molar-refractivity contribution in [1.29, 1.82) is 0 Å². The predicted octanol–water partition coefficient (Wildman–Crippen LogP) is 12.3. The van der Waals surface area contributed by atoms with Crippen molar-refractivity contribution in [2.45, 2.75) is 5.41 Å². The molecule has 4 heterocycles. The Morgan fingerprint density at radius 3 is 1.96 bits per heavy atom. The minimum atomic E-state index is -0.580. The second-order valence-corrected chi connectivity index (χ2v) is 14.3. The van der Waals surface area contributed by atoms with Crippen LogP contribution in [0.25, 0.3) is 66.7 Å². The maximum atomic E-state index is 6.90. The third kappa shape index (κ3) is 3.84. The number of fused-ring (bicyclic) bond motifs is 12. The largest absolute Gasteiger partial charge is 0.457 e. The number of ether oxygens (including phenoxy) is 1. The fraction of sp³-hybridized carbons (Fsp3) is 0.0200. The minimum Gasteiger partial charge on any atom is -0.457 e. The van der Waals surface area contributed by atoms with Gasteiger partial charge in [0, 0.05) is 33.2 Å². The molecule has 2 aliphatic heterocycles. The summed E-state index contributed by atoms with van der Waals surface area (Å²) in [5, 5.41) is 2.53. The Balaban J connectivity index is 1.05. The summed E-state index contributed by atoms with van der Waals surface area (Å²) in [6.07, 6.45) is 0. The van der Waals surface area contributed by atoms with E-state index in [1.165, 1.54) is 38.6 Å². The van der Waals surface area contributed by atoms with Gasteiger partial charge in [-0.1, -0.05) is 140 Å². The van der Waals surface area contributed by atoms with Gasteiger partial charge in [-0.2, -0.15) is 0 Å². The molecule has 0 aliphatic carbocycles. The molecule has 0 radical (unpaired) electrons. The summed E-state index contributed by atoms with van der Waals surface area (Å²) in [5.74, 6) is 2.68. The molecule has 252 valence electrons. The Labute approximate surface area is 311 Å². The SMILES string of the molecule is c1ccc(-n2c(-c3ccc(-c4ccc5c(c4)Oc4ccccc4C54c5ccccc5-n5c6ccccc6c6cccc4c65)cc3)nc3ccccc32)cc1. The molecule has 1 spiro atoms. The van der Waals surface area contributed by atoms with E-state index in [0.717, 1.165) is 61.9 Å². The highest BCUT2D eigenvalue weighted by molar-refractivity contribution is 6.12. The van der Waals surface area contributed by atoms with Crippen molar-refractivity contribution in [2.24, 2.45) is 0 Å². The van der Waals surface area contributed by atoms with Crippen LogP contribution in [0.5, 0.6) is 11.5 Å². The van der Waals surface area contributed by atoms with Gasteiger partial charge in [0.1, 0.15) is 17.3 Å². The van der Waals surface area contributed by atoms with Crippen LogP contribution in [0.15, 0.2) is 188 Å². The van der Waals surface area contributed by atoms with Gasteiger partial charge < -0.3 is 9.30 Å². The molecule has 10 aromatic rings. The molecule has 0 saturated carbocycles. The van der Waals surface area contributed by atoms with Crippen LogP contribution in [-0.2, 0) is 5.41 Å². The molecular formula is C50H31N3O. The van der Waals surface area contributed by atoms with E-state index < -0.39 is 5.41 Å². The lowest BCUT2D eigenvalue weighted by Gasteiger charge is -2.45. The molecule has 54 heavy (non-hydrogen) atoms. The third-order valence-electron chi connectivity index (χ3n) is 11.6. The maximum absolute atomic E-state index is 6.90. The first-order chi connectivity index (χ1) is 26.8. The number of hydrogen-bond acceptors (Lipinski definition) is 2. The van der Waals surface area contributed by atoms with E-state index in [1.54, 1.807) is 0 Å². The van der Waals surface area contributed by atoms with Gasteiger partial charge in [0.15, 0.2) is 0 Å². The summed E-state index contributed by atoms with van der Waals surface area (Å²) >= 11 is 0. The molecule has 0 N–H and O–H groups in total. The number of nitrogens with zero attached hydrogens (tertiary/aromatic N) is 3. The average Bonchev–Trinajstić information content (AvgIpc) is 3.80. The van der Waals surface area contributed by atoms with Crippen LogP contribution in [-0.4, -0.2) is 14.1 Å². The first-order valence-electron chi connectivity index (χ1n) is 18.5. The highest BCUT2D eigenvalue weighted by atomic mass is 16.5. The smallest absolute Gasteiger partial charge is 0.145 e. The Kier molecular flexibility index (Phi) is 5.95. The quantitative estimate of drug-likeness (QED) is 0.185. The van der Waals surface area contributed by atoms with Crippen LogP contribution in [0.4, 0.5) is 0 Å². The van der Waals surface area contributed by atoms with E-state index in [2.05, 4.69) is 185 Å². The van der Waals surface area contributed by atoms with E-state index in [-0.39, 0.29) is 0 Å². The Morgan fingerprint density at radius 2 is 1.07 bits per heavy atom. The number of imidazole rings is 1. The molecule has 8 aromatic carbocycles. The van der Waals surface area contributed by atoms with Crippen molar-refractivity contribution >= 4 is 32.8 Å². The number of hydrogen-bond donors (Lipinski definition) is 0. The summed E-state index contributed by atoms with van der Waals surface area (Å²) in [6, 6.07) is 67.5. The van der Waals surface area contributed by atoms with Gasteiger partial charge in [0.2, 0.25) is 0 Å². The van der Waals surface area contributed by atoms with Crippen molar-refractivity contribution < 1.29 is 4.74 Å². The molecule has 4 nitrogen and oxygen atoms in total. The molecule has 12 rings (SSSR count). The molecule has 0 bridgehead atoms. The summed E-state index contributed by atoms with van der Waals surface area (Å²) in [6.45, 7) is 0. The Morgan fingerprint density at radius 1 is 0.426 bits per heavy atom. The Bertz CT molecular complexity index is 3130. The topological polar surface area (TPSA) is 32.0 Å². The van der Waals surface area contributed by atoms with Crippen molar-refractivity contribution in [3.8, 4) is 45.4 Å². The number of rotatable bonds is 3. The van der Waals surface area contributed by atoms with Crippen LogP contribution in [0.2, 0.25) is 0 Å². The molecule has 2 aliphatic rings. The summed E-state index contributed by atoms with van der Waals surface area (Å²) in [4.78, 5) is 5.09. The molecule has 1 atom stereocenters. The molecule has 0 fully saturated rings. The van der Waals surface area contributed by atoms with Gasteiger partial charge in [0.05, 0.1) is 33.2 Å². The van der Waals surface area contributed by atoms with Gasteiger partial charge in [-0.15, -0.1) is 0 Å². The lowest BCUT2D eigenvalue weighted by atomic mass is 9.61. The summed E-state index contributed by atoms with van der Waals surface area (Å²) < 4.78 is 11.6. The first kappa shape index (κ1) is 29.4. The predicted molar refractivity (Wildman–Crippen MR) is 218 cm³/mol. The zero-order valence-corrected chi connectivity index (χ0v) is 29.1. The van der Waals surface area contributed by atoms with Gasteiger partial charge in [-0.05, 0) is 70.8 Å². The lowest BCUT2D eigenvalue weighted by molar-refractivity contribution is 0.434. The molecule has 4 heteroatoms. The van der Waals surface area contributed by atoms with E-state index in [1.807, 2.05) is 12.1 Å². The number of aromatic nitrogens is 3. The van der Waals surface area contributed by atoms with Crippen LogP contribution in [0.1, 0.15) is 22.3 Å². The zero-order chi connectivity index (χ0) is 35.4. The highest BCUT2D eigenvalue weighted by Crippen LogP contribution is 2.60. The molecule has 2 aromatic heterocycles. The molecular weight excluding hydrogens is 659 g/mol. The average molecular weight is 690 g/mol. The zero-order valence-electron chi connectivity index (χ0n) is 29.1. The maximum Gasteiger partial charge on any atom is 0.145 e. The van der Waals surface area contributed by atoms with Crippen molar-refractivity contribution in [3.63, 3.8) is 0 Å². The second kappa shape index (κ2) is 10.9. The molecule has 0 saturated heterocycles. The minimum absolute atomic E-state index is 0.580. The fourth-order valence-corrected chi connectivity index (χ4v) is 9.38. The monoisotopic (exact) mass is 689 g/mol. The fourth-order valence-electron chi connectivity index (χ4n) is 9.38. The van der Waals surface area contributed by atoms with E-state index >= 15 is 0 Å². The lowest BCUT2D eigenvalue weighted by Crippen LogP contribution is -2.37. The van der Waals surface area contributed by atoms with Crippen molar-refractivity contribution in [1.82, 2.24) is 14.1 Å². The molecule has 0 amide bonds. The van der Waals surface area contributed by atoms with Gasteiger partial charge in [0.25, 0.3) is 0 Å². The normalized spacial score (nSPS) is 15.3. The van der Waals surface area contributed by atoms with E-state index in [4.69, 9.17) is 9.72 Å².